The summed E-state index contributed by atoms with van der Waals surface area (Å²) in [5, 5.41) is 13.3. The zero-order valence-corrected chi connectivity index (χ0v) is 28.8. The summed E-state index contributed by atoms with van der Waals surface area (Å²) < 4.78 is 54.9. The standard InChI is InChI=1S/C34H35ClF3N3O7S/c1-17-12-18(2)28-20(13-17)14-23(41(28)29(31(43)44)34(36,37)32(45)48-38)30(42)40-33-39-27(21-15-25(47-4)22(35)16-24(21)46-3)26(49-33)11-10-19-8-6-5-7-9-19/h12-16,19,29H,5-11H2,1-4H3,(H,43,44)(H,39,40,42). The normalized spacial score (nSPS) is 14.4. The highest BCUT2D eigenvalue weighted by Crippen LogP contribution is 2.43. The van der Waals surface area contributed by atoms with E-state index in [1.165, 1.54) is 45.0 Å². The van der Waals surface area contributed by atoms with Gasteiger partial charge in [0.15, 0.2) is 5.13 Å². The summed E-state index contributed by atoms with van der Waals surface area (Å²) in [6.45, 7) is 3.27. The maximum absolute atomic E-state index is 15.3. The number of nitrogens with one attached hydrogen (secondary N) is 1. The van der Waals surface area contributed by atoms with Gasteiger partial charge < -0.3 is 19.1 Å². The molecule has 2 N–H and O–H groups in total. The van der Waals surface area contributed by atoms with Gasteiger partial charge in [-0.25, -0.2) is 19.5 Å². The lowest BCUT2D eigenvalue weighted by molar-refractivity contribution is -0.219. The molecule has 1 fully saturated rings. The maximum atomic E-state index is 15.3. The Hall–Kier alpha value is -4.30. The van der Waals surface area contributed by atoms with Gasteiger partial charge in [-0.2, -0.15) is 8.78 Å². The quantitative estimate of drug-likeness (QED) is 0.149. The van der Waals surface area contributed by atoms with Crippen LogP contribution in [0.25, 0.3) is 22.2 Å². The Bertz CT molecular complexity index is 1910. The number of carbonyl (C=O) groups excluding carboxylic acids is 2. The average Bonchev–Trinajstić information content (AvgIpc) is 3.64. The molecule has 2 aromatic heterocycles. The molecule has 1 aliphatic carbocycles. The van der Waals surface area contributed by atoms with E-state index in [2.05, 4.69) is 10.3 Å². The van der Waals surface area contributed by atoms with Gasteiger partial charge in [-0.1, -0.05) is 55.3 Å². The molecule has 0 radical (unpaired) electrons. The van der Waals surface area contributed by atoms with E-state index >= 15 is 8.78 Å². The van der Waals surface area contributed by atoms with Crippen LogP contribution < -0.4 is 14.8 Å². The third-order valence-corrected chi connectivity index (χ3v) is 10.2. The first-order valence-corrected chi connectivity index (χ1v) is 16.8. The number of halogens is 4. The molecule has 5 rings (SSSR count). The molecule has 15 heteroatoms. The van der Waals surface area contributed by atoms with Crippen LogP contribution in [0.5, 0.6) is 11.5 Å². The minimum atomic E-state index is -4.90. The lowest BCUT2D eigenvalue weighted by atomic mass is 9.86. The zero-order valence-electron chi connectivity index (χ0n) is 27.2. The number of hydrogen-bond donors (Lipinski definition) is 2. The summed E-state index contributed by atoms with van der Waals surface area (Å²) in [5.41, 5.74) is 1.52. The molecule has 0 bridgehead atoms. The Kier molecular flexibility index (Phi) is 10.8. The zero-order chi connectivity index (χ0) is 35.6. The number of ether oxygens (including phenoxy) is 2. The predicted octanol–water partition coefficient (Wildman–Crippen LogP) is 8.51. The third-order valence-electron chi connectivity index (χ3n) is 8.83. The van der Waals surface area contributed by atoms with Crippen molar-refractivity contribution in [2.45, 2.75) is 70.8 Å². The molecule has 2 heterocycles. The lowest BCUT2D eigenvalue weighted by Gasteiger charge is -2.24. The van der Waals surface area contributed by atoms with Gasteiger partial charge in [0.05, 0.1) is 30.5 Å². The van der Waals surface area contributed by atoms with E-state index in [0.29, 0.717) is 55.8 Å². The molecule has 49 heavy (non-hydrogen) atoms. The van der Waals surface area contributed by atoms with Crippen LogP contribution in [0.2, 0.25) is 5.02 Å². The van der Waals surface area contributed by atoms with Crippen molar-refractivity contribution in [2.24, 2.45) is 5.92 Å². The Morgan fingerprint density at radius 3 is 2.41 bits per heavy atom. The Morgan fingerprint density at radius 1 is 1.08 bits per heavy atom. The van der Waals surface area contributed by atoms with Crippen molar-refractivity contribution in [1.29, 1.82) is 0 Å². The highest BCUT2D eigenvalue weighted by Gasteiger charge is 2.56. The average molecular weight is 722 g/mol. The number of thiazole rings is 1. The number of aromatic nitrogens is 2. The number of carbonyl (C=O) groups is 3. The van der Waals surface area contributed by atoms with Crippen LogP contribution in [0.3, 0.4) is 0 Å². The van der Waals surface area contributed by atoms with Gasteiger partial charge in [0.25, 0.3) is 5.91 Å². The minimum Gasteiger partial charge on any atom is -0.496 e. The monoisotopic (exact) mass is 721 g/mol. The molecule has 0 aliphatic heterocycles. The molecule has 262 valence electrons. The topological polar surface area (TPSA) is 129 Å². The summed E-state index contributed by atoms with van der Waals surface area (Å²) in [5.74, 6) is -9.48. The van der Waals surface area contributed by atoms with Gasteiger partial charge in [-0.15, -0.1) is 11.3 Å². The maximum Gasteiger partial charge on any atom is 0.420 e. The predicted molar refractivity (Wildman–Crippen MR) is 179 cm³/mol. The van der Waals surface area contributed by atoms with Crippen molar-refractivity contribution in [3.05, 3.63) is 57.1 Å². The Labute approximate surface area is 289 Å². The summed E-state index contributed by atoms with van der Waals surface area (Å²) in [6, 6.07) is 4.66. The van der Waals surface area contributed by atoms with Crippen LogP contribution in [0.4, 0.5) is 18.4 Å². The lowest BCUT2D eigenvalue weighted by Crippen LogP contribution is -2.44. The molecular weight excluding hydrogens is 687 g/mol. The number of amides is 1. The van der Waals surface area contributed by atoms with Crippen LogP contribution in [-0.2, 0) is 21.0 Å². The van der Waals surface area contributed by atoms with Crippen molar-refractivity contribution in [3.63, 3.8) is 0 Å². The number of benzene rings is 2. The van der Waals surface area contributed by atoms with Crippen LogP contribution in [-0.4, -0.2) is 52.6 Å². The fourth-order valence-corrected chi connectivity index (χ4v) is 7.82. The van der Waals surface area contributed by atoms with E-state index in [1.807, 2.05) is 0 Å². The number of fused-ring (bicyclic) bond motifs is 1. The fraction of sp³-hybridized carbons (Fsp3) is 0.412. The summed E-state index contributed by atoms with van der Waals surface area (Å²) in [7, 11) is 2.95. The largest absolute Gasteiger partial charge is 0.496 e. The fourth-order valence-electron chi connectivity index (χ4n) is 6.61. The minimum absolute atomic E-state index is 0.0551. The second-order valence-corrected chi connectivity index (χ2v) is 13.6. The van der Waals surface area contributed by atoms with Crippen molar-refractivity contribution >= 4 is 56.8 Å². The molecule has 0 spiro atoms. The molecule has 1 aliphatic rings. The number of alkyl halides is 2. The van der Waals surface area contributed by atoms with Crippen LogP contribution in [0.15, 0.2) is 30.3 Å². The number of anilines is 1. The Balaban J connectivity index is 1.62. The molecule has 1 unspecified atom stereocenters. The highest BCUT2D eigenvalue weighted by molar-refractivity contribution is 7.16. The SMILES string of the molecule is COc1cc(-c2nc(NC(=O)c3cc4cc(C)cc(C)c4n3C(C(=O)O)C(F)(F)C(=O)OF)sc2CCC2CCCCC2)c(OC)cc1Cl. The summed E-state index contributed by atoms with van der Waals surface area (Å²) in [6.07, 6.45) is 7.27. The second kappa shape index (κ2) is 14.7. The van der Waals surface area contributed by atoms with Gasteiger partial charge in [0.1, 0.15) is 17.2 Å². The van der Waals surface area contributed by atoms with Crippen LogP contribution in [0, 0.1) is 19.8 Å². The number of nitrogens with zero attached hydrogens (tertiary/aromatic N) is 2. The van der Waals surface area contributed by atoms with Gasteiger partial charge in [-0.3, -0.25) is 10.1 Å². The van der Waals surface area contributed by atoms with Crippen LogP contribution >= 0.6 is 22.9 Å². The molecule has 2 aromatic carbocycles. The first-order chi connectivity index (χ1) is 23.3. The van der Waals surface area contributed by atoms with E-state index in [1.54, 1.807) is 31.2 Å². The number of carboxylic acids is 1. The first-order valence-electron chi connectivity index (χ1n) is 15.6. The van der Waals surface area contributed by atoms with Crippen molar-refractivity contribution < 1.29 is 47.2 Å². The Morgan fingerprint density at radius 2 is 1.78 bits per heavy atom. The van der Waals surface area contributed by atoms with E-state index in [9.17, 15) is 24.0 Å². The van der Waals surface area contributed by atoms with Crippen molar-refractivity contribution in [1.82, 2.24) is 9.55 Å². The molecule has 1 saturated carbocycles. The third kappa shape index (κ3) is 7.20. The van der Waals surface area contributed by atoms with Gasteiger partial charge in [-0.05, 0) is 56.4 Å². The number of hydrogen-bond acceptors (Lipinski definition) is 8. The second-order valence-electron chi connectivity index (χ2n) is 12.1. The van der Waals surface area contributed by atoms with E-state index in [0.717, 1.165) is 37.0 Å². The smallest absolute Gasteiger partial charge is 0.420 e. The van der Waals surface area contributed by atoms with Gasteiger partial charge in [0.2, 0.25) is 6.04 Å². The van der Waals surface area contributed by atoms with E-state index in [4.69, 9.17) is 26.1 Å². The molecule has 0 saturated heterocycles. The molecule has 1 amide bonds. The number of aliphatic carboxylic acids is 1. The molecule has 10 nitrogen and oxygen atoms in total. The molecule has 1 atom stereocenters. The number of aryl methyl sites for hydroxylation is 3. The van der Waals surface area contributed by atoms with Gasteiger partial charge >= 0.3 is 17.9 Å². The number of carboxylic acid groups (broad SMARTS) is 1. The van der Waals surface area contributed by atoms with E-state index in [-0.39, 0.29) is 16.0 Å². The van der Waals surface area contributed by atoms with Crippen molar-refractivity contribution in [3.8, 4) is 22.8 Å². The van der Waals surface area contributed by atoms with Crippen LogP contribution in [0.1, 0.15) is 71.1 Å². The summed E-state index contributed by atoms with van der Waals surface area (Å²) >= 11 is 7.54. The first kappa shape index (κ1) is 36.0. The van der Waals surface area contributed by atoms with Crippen molar-refractivity contribution in [2.75, 3.05) is 19.5 Å². The highest BCUT2D eigenvalue weighted by atomic mass is 35.5. The number of rotatable bonds is 12. The summed E-state index contributed by atoms with van der Waals surface area (Å²) in [4.78, 5) is 46.5. The number of methoxy groups -OCH3 is 2. The molecule has 4 aromatic rings. The molecular formula is C34H35ClF3N3O7S. The van der Waals surface area contributed by atoms with E-state index < -0.39 is 35.5 Å². The van der Waals surface area contributed by atoms with Gasteiger partial charge in [0, 0.05) is 26.4 Å².